The zero-order chi connectivity index (χ0) is 17.9. The first-order valence-corrected chi connectivity index (χ1v) is 8.02. The Bertz CT molecular complexity index is 1120. The number of benzene rings is 3. The second-order valence-corrected chi connectivity index (χ2v) is 5.70. The molecule has 0 aliphatic rings. The highest BCUT2D eigenvalue weighted by atomic mass is 16.6. The molecule has 0 amide bonds. The lowest BCUT2D eigenvalue weighted by Crippen LogP contribution is -1.93. The molecule has 26 heavy (non-hydrogen) atoms. The van der Waals surface area contributed by atoms with E-state index in [0.29, 0.717) is 11.3 Å². The molecule has 4 rings (SSSR count). The van der Waals surface area contributed by atoms with E-state index in [9.17, 15) is 10.1 Å². The highest BCUT2D eigenvalue weighted by Gasteiger charge is 2.10. The smallest absolute Gasteiger partial charge is 0.278 e. The van der Waals surface area contributed by atoms with Crippen molar-refractivity contribution in [3.8, 4) is 5.69 Å². The molecule has 0 saturated carbocycles. The van der Waals surface area contributed by atoms with Crippen LogP contribution in [-0.4, -0.2) is 20.7 Å². The van der Waals surface area contributed by atoms with Crippen molar-refractivity contribution in [1.82, 2.24) is 9.55 Å². The number of hydrogen-bond acceptors (Lipinski definition) is 4. The molecule has 0 spiro atoms. The van der Waals surface area contributed by atoms with Gasteiger partial charge in [-0.1, -0.05) is 30.3 Å². The maximum Gasteiger partial charge on any atom is 0.278 e. The quantitative estimate of drug-likeness (QED) is 0.307. The van der Waals surface area contributed by atoms with Gasteiger partial charge in [0.1, 0.15) is 6.33 Å². The first-order chi connectivity index (χ1) is 12.7. The normalized spacial score (nSPS) is 11.2. The summed E-state index contributed by atoms with van der Waals surface area (Å²) < 4.78 is 2.00. The predicted molar refractivity (Wildman–Crippen MR) is 101 cm³/mol. The number of hydrogen-bond donors (Lipinski definition) is 0. The molecular formula is C20H14N4O2. The molecule has 4 aromatic rings. The Labute approximate surface area is 149 Å². The highest BCUT2D eigenvalue weighted by Crippen LogP contribution is 2.24. The van der Waals surface area contributed by atoms with Crippen LogP contribution in [-0.2, 0) is 0 Å². The number of imidazole rings is 1. The van der Waals surface area contributed by atoms with E-state index in [1.165, 1.54) is 12.3 Å². The topological polar surface area (TPSA) is 73.3 Å². The van der Waals surface area contributed by atoms with Gasteiger partial charge in [0.15, 0.2) is 0 Å². The Morgan fingerprint density at radius 1 is 1.00 bits per heavy atom. The van der Waals surface area contributed by atoms with Crippen LogP contribution in [0.4, 0.5) is 11.4 Å². The molecular weight excluding hydrogens is 328 g/mol. The summed E-state index contributed by atoms with van der Waals surface area (Å²) in [7, 11) is 0. The van der Waals surface area contributed by atoms with E-state index in [2.05, 4.69) is 9.98 Å². The fourth-order valence-electron chi connectivity index (χ4n) is 2.78. The van der Waals surface area contributed by atoms with Gasteiger partial charge < -0.3 is 0 Å². The molecule has 126 valence electrons. The average molecular weight is 342 g/mol. The molecule has 1 heterocycles. The predicted octanol–water partition coefficient (Wildman–Crippen LogP) is 4.68. The SMILES string of the molecule is O=[N+]([O-])c1ccccc1C=Nc1ccc2c(c1)ncn2-c1ccccc1. The van der Waals surface area contributed by atoms with Crippen molar-refractivity contribution < 1.29 is 4.92 Å². The third-order valence-electron chi connectivity index (χ3n) is 4.05. The number of fused-ring (bicyclic) bond motifs is 1. The number of nitrogens with zero attached hydrogens (tertiary/aromatic N) is 4. The van der Waals surface area contributed by atoms with Gasteiger partial charge in [0.2, 0.25) is 0 Å². The average Bonchev–Trinajstić information content (AvgIpc) is 3.10. The van der Waals surface area contributed by atoms with Crippen LogP contribution in [0.3, 0.4) is 0 Å². The van der Waals surface area contributed by atoms with Gasteiger partial charge >= 0.3 is 0 Å². The molecule has 0 saturated heterocycles. The fraction of sp³-hybridized carbons (Fsp3) is 0. The van der Waals surface area contributed by atoms with Crippen molar-refractivity contribution in [3.05, 3.63) is 94.8 Å². The van der Waals surface area contributed by atoms with Gasteiger partial charge in [0.25, 0.3) is 5.69 Å². The Morgan fingerprint density at radius 2 is 1.77 bits per heavy atom. The maximum atomic E-state index is 11.1. The first kappa shape index (κ1) is 15.7. The van der Waals surface area contributed by atoms with Crippen LogP contribution in [0.25, 0.3) is 16.7 Å². The Kier molecular flexibility index (Phi) is 3.99. The largest absolute Gasteiger partial charge is 0.299 e. The number of aromatic nitrogens is 2. The van der Waals surface area contributed by atoms with E-state index in [4.69, 9.17) is 0 Å². The molecule has 1 aromatic heterocycles. The lowest BCUT2D eigenvalue weighted by Gasteiger charge is -2.03. The van der Waals surface area contributed by atoms with Crippen molar-refractivity contribution in [1.29, 1.82) is 0 Å². The minimum absolute atomic E-state index is 0.0330. The van der Waals surface area contributed by atoms with Gasteiger partial charge in [-0.2, -0.15) is 0 Å². The molecule has 0 aliphatic heterocycles. The van der Waals surface area contributed by atoms with Crippen molar-refractivity contribution in [2.75, 3.05) is 0 Å². The summed E-state index contributed by atoms with van der Waals surface area (Å²) >= 11 is 0. The van der Waals surface area contributed by atoms with Crippen LogP contribution < -0.4 is 0 Å². The van der Waals surface area contributed by atoms with Gasteiger partial charge in [-0.3, -0.25) is 19.7 Å². The van der Waals surface area contributed by atoms with E-state index in [1.54, 1.807) is 24.5 Å². The van der Waals surface area contributed by atoms with Crippen LogP contribution in [0.5, 0.6) is 0 Å². The summed E-state index contributed by atoms with van der Waals surface area (Å²) in [6.07, 6.45) is 3.28. The summed E-state index contributed by atoms with van der Waals surface area (Å²) in [6, 6.07) is 22.2. The monoisotopic (exact) mass is 342 g/mol. The molecule has 3 aromatic carbocycles. The van der Waals surface area contributed by atoms with Crippen LogP contribution in [0, 0.1) is 10.1 Å². The first-order valence-electron chi connectivity index (χ1n) is 8.02. The lowest BCUT2D eigenvalue weighted by molar-refractivity contribution is -0.385. The molecule has 0 N–H and O–H groups in total. The van der Waals surface area contributed by atoms with Gasteiger partial charge in [-0.25, -0.2) is 4.98 Å². The molecule has 0 bridgehead atoms. The van der Waals surface area contributed by atoms with Crippen molar-refractivity contribution in [2.45, 2.75) is 0 Å². The zero-order valence-electron chi connectivity index (χ0n) is 13.7. The van der Waals surface area contributed by atoms with E-state index in [0.717, 1.165) is 16.7 Å². The summed E-state index contributed by atoms with van der Waals surface area (Å²) in [4.78, 5) is 19.5. The Hall–Kier alpha value is -3.80. The van der Waals surface area contributed by atoms with E-state index < -0.39 is 4.92 Å². The molecule has 0 aliphatic carbocycles. The number of aliphatic imine (C=N–C) groups is 1. The third kappa shape index (κ3) is 2.95. The fourth-order valence-corrected chi connectivity index (χ4v) is 2.78. The summed E-state index contributed by atoms with van der Waals surface area (Å²) in [5.74, 6) is 0. The van der Waals surface area contributed by atoms with E-state index in [1.807, 2.05) is 53.1 Å². The minimum atomic E-state index is -0.411. The van der Waals surface area contributed by atoms with Crippen LogP contribution in [0.1, 0.15) is 5.56 Å². The van der Waals surface area contributed by atoms with Gasteiger partial charge in [0.05, 0.1) is 27.2 Å². The second kappa shape index (κ2) is 6.60. The number of rotatable bonds is 4. The minimum Gasteiger partial charge on any atom is -0.299 e. The van der Waals surface area contributed by atoms with Crippen molar-refractivity contribution >= 4 is 28.6 Å². The third-order valence-corrected chi connectivity index (χ3v) is 4.05. The van der Waals surface area contributed by atoms with Gasteiger partial charge in [-0.15, -0.1) is 0 Å². The van der Waals surface area contributed by atoms with Crippen molar-refractivity contribution in [3.63, 3.8) is 0 Å². The van der Waals surface area contributed by atoms with Crippen LogP contribution in [0.15, 0.2) is 84.1 Å². The second-order valence-electron chi connectivity index (χ2n) is 5.70. The van der Waals surface area contributed by atoms with Crippen LogP contribution in [0.2, 0.25) is 0 Å². The lowest BCUT2D eigenvalue weighted by atomic mass is 10.2. The molecule has 6 nitrogen and oxygen atoms in total. The Morgan fingerprint density at radius 3 is 2.58 bits per heavy atom. The zero-order valence-corrected chi connectivity index (χ0v) is 13.7. The number of para-hydroxylation sites is 2. The van der Waals surface area contributed by atoms with Crippen molar-refractivity contribution in [2.24, 2.45) is 4.99 Å². The number of nitro groups is 1. The molecule has 0 fully saturated rings. The molecule has 6 heteroatoms. The summed E-state index contributed by atoms with van der Waals surface area (Å²) in [5, 5.41) is 11.1. The summed E-state index contributed by atoms with van der Waals surface area (Å²) in [5.41, 5.74) is 4.00. The van der Waals surface area contributed by atoms with Gasteiger partial charge in [0, 0.05) is 18.0 Å². The molecule has 0 atom stereocenters. The number of nitro benzene ring substituents is 1. The summed E-state index contributed by atoms with van der Waals surface area (Å²) in [6.45, 7) is 0. The molecule has 0 unspecified atom stereocenters. The van der Waals surface area contributed by atoms with Gasteiger partial charge in [-0.05, 0) is 36.4 Å². The molecule has 0 radical (unpaired) electrons. The maximum absolute atomic E-state index is 11.1. The van der Waals surface area contributed by atoms with E-state index in [-0.39, 0.29) is 5.69 Å². The Balaban J connectivity index is 1.68. The standard InChI is InChI=1S/C20H14N4O2/c25-24(26)19-9-5-4-6-15(19)13-21-16-10-11-20-18(12-16)22-14-23(20)17-7-2-1-3-8-17/h1-14H. The van der Waals surface area contributed by atoms with Crippen LogP contribution >= 0.6 is 0 Å². The van der Waals surface area contributed by atoms with E-state index >= 15 is 0 Å². The highest BCUT2D eigenvalue weighted by molar-refractivity contribution is 5.88.